The van der Waals surface area contributed by atoms with Gasteiger partial charge in [-0.25, -0.2) is 4.98 Å². The van der Waals surface area contributed by atoms with Crippen LogP contribution in [0.2, 0.25) is 10.0 Å². The molecule has 0 aliphatic carbocycles. The van der Waals surface area contributed by atoms with E-state index in [1.807, 2.05) is 0 Å². The van der Waals surface area contributed by atoms with Crippen LogP contribution in [0.3, 0.4) is 0 Å². The van der Waals surface area contributed by atoms with E-state index >= 15 is 0 Å². The Morgan fingerprint density at radius 1 is 1.07 bits per heavy atom. The molecule has 1 aliphatic heterocycles. The number of halogens is 5. The molecule has 2 aromatic heterocycles. The first-order valence-corrected chi connectivity index (χ1v) is 7.90. The van der Waals surface area contributed by atoms with E-state index in [1.165, 1.54) is 0 Å². The summed E-state index contributed by atoms with van der Waals surface area (Å²) in [5.41, 5.74) is -2.14. The van der Waals surface area contributed by atoms with E-state index in [2.05, 4.69) is 10.1 Å². The van der Waals surface area contributed by atoms with E-state index in [1.54, 1.807) is 0 Å². The van der Waals surface area contributed by atoms with Crippen LogP contribution in [-0.2, 0) is 15.8 Å². The number of pyridine rings is 1. The van der Waals surface area contributed by atoms with Gasteiger partial charge < -0.3 is 4.84 Å². The van der Waals surface area contributed by atoms with Crippen molar-refractivity contribution in [3.8, 4) is 11.6 Å². The number of hydrogen-bond donors (Lipinski definition) is 0. The highest BCUT2D eigenvalue weighted by molar-refractivity contribution is 6.32. The highest BCUT2D eigenvalue weighted by atomic mass is 35.5. The van der Waals surface area contributed by atoms with Crippen molar-refractivity contribution in [3.63, 3.8) is 0 Å². The molecule has 142 valence electrons. The van der Waals surface area contributed by atoms with E-state index in [0.29, 0.717) is 22.0 Å². The van der Waals surface area contributed by atoms with Gasteiger partial charge in [-0.05, 0) is 6.07 Å². The minimum Gasteiger partial charge on any atom is -0.366 e. The molecule has 3 heterocycles. The molecule has 0 unspecified atom stereocenters. The zero-order valence-corrected chi connectivity index (χ0v) is 14.5. The number of rotatable bonds is 3. The van der Waals surface area contributed by atoms with Gasteiger partial charge in [-0.15, -0.1) is 5.06 Å². The molecule has 8 nitrogen and oxygen atoms in total. The van der Waals surface area contributed by atoms with Crippen molar-refractivity contribution >= 4 is 35.0 Å². The number of carbonyl (C=O) groups excluding carboxylic acids is 2. The largest absolute Gasteiger partial charge is 0.417 e. The van der Waals surface area contributed by atoms with E-state index in [0.717, 1.165) is 6.20 Å². The third-order valence-corrected chi connectivity index (χ3v) is 4.06. The van der Waals surface area contributed by atoms with Gasteiger partial charge in [0.1, 0.15) is 0 Å². The highest BCUT2D eigenvalue weighted by Crippen LogP contribution is 2.32. The molecule has 1 aliphatic rings. The van der Waals surface area contributed by atoms with Gasteiger partial charge in [-0.3, -0.25) is 14.4 Å². The number of carbonyl (C=O) groups is 2. The lowest BCUT2D eigenvalue weighted by molar-refractivity contribution is -0.164. The third-order valence-electron chi connectivity index (χ3n) is 3.43. The average Bonchev–Trinajstić information content (AvgIpc) is 2.90. The van der Waals surface area contributed by atoms with Gasteiger partial charge in [0.25, 0.3) is 17.4 Å². The summed E-state index contributed by atoms with van der Waals surface area (Å²) >= 11 is 11.7. The van der Waals surface area contributed by atoms with Crippen LogP contribution < -0.4 is 10.4 Å². The molecule has 0 bridgehead atoms. The lowest BCUT2D eigenvalue weighted by Gasteiger charge is -2.15. The van der Waals surface area contributed by atoms with Crippen molar-refractivity contribution in [2.24, 2.45) is 0 Å². The van der Waals surface area contributed by atoms with Crippen molar-refractivity contribution in [2.75, 3.05) is 0 Å². The zero-order chi connectivity index (χ0) is 19.9. The minimum absolute atomic E-state index is 0.0496. The lowest BCUT2D eigenvalue weighted by Crippen LogP contribution is -2.34. The summed E-state index contributed by atoms with van der Waals surface area (Å²) in [5, 5.41) is 3.06. The monoisotopic (exact) mass is 422 g/mol. The molecule has 27 heavy (non-hydrogen) atoms. The molecule has 0 spiro atoms. The van der Waals surface area contributed by atoms with Crippen LogP contribution in [0, 0.1) is 0 Å². The highest BCUT2D eigenvalue weighted by Gasteiger charge is 2.33. The van der Waals surface area contributed by atoms with Crippen molar-refractivity contribution in [1.82, 2.24) is 19.8 Å². The predicted octanol–water partition coefficient (Wildman–Crippen LogP) is 2.40. The van der Waals surface area contributed by atoms with Crippen LogP contribution in [0.15, 0.2) is 23.3 Å². The summed E-state index contributed by atoms with van der Waals surface area (Å²) < 4.78 is 38.6. The predicted molar refractivity (Wildman–Crippen MR) is 84.4 cm³/mol. The SMILES string of the molecule is O=C1CCC(=O)N1Oc1cnn(-c2ncc(C(F)(F)F)cc2Cl)c(=O)c1Cl. The smallest absolute Gasteiger partial charge is 0.366 e. The Morgan fingerprint density at radius 2 is 1.70 bits per heavy atom. The topological polar surface area (TPSA) is 94.4 Å². The molecule has 13 heteroatoms. The van der Waals surface area contributed by atoms with Gasteiger partial charge in [0.05, 0.1) is 16.8 Å². The number of amides is 2. The van der Waals surface area contributed by atoms with Gasteiger partial charge in [-0.1, -0.05) is 23.2 Å². The van der Waals surface area contributed by atoms with Gasteiger partial charge in [0, 0.05) is 19.0 Å². The summed E-state index contributed by atoms with van der Waals surface area (Å²) in [6, 6.07) is 0.581. The molecule has 0 atom stereocenters. The molecule has 0 saturated carbocycles. The molecular weight excluding hydrogens is 416 g/mol. The van der Waals surface area contributed by atoms with Gasteiger partial charge in [0.15, 0.2) is 16.6 Å². The number of nitrogens with zero attached hydrogens (tertiary/aromatic N) is 4. The van der Waals surface area contributed by atoms with Gasteiger partial charge in [0.2, 0.25) is 0 Å². The average molecular weight is 423 g/mol. The fourth-order valence-corrected chi connectivity index (χ4v) is 2.54. The maximum atomic E-state index is 12.7. The summed E-state index contributed by atoms with van der Waals surface area (Å²) in [5.74, 6) is -2.01. The van der Waals surface area contributed by atoms with Crippen molar-refractivity contribution in [2.45, 2.75) is 19.0 Å². The second-order valence-corrected chi connectivity index (χ2v) is 6.03. The number of hydrogen-bond acceptors (Lipinski definition) is 6. The lowest BCUT2D eigenvalue weighted by atomic mass is 10.3. The molecule has 3 rings (SSSR count). The Labute approximate surface area is 158 Å². The van der Waals surface area contributed by atoms with E-state index in [-0.39, 0.29) is 18.6 Å². The van der Waals surface area contributed by atoms with Crippen LogP contribution in [-0.4, -0.2) is 31.6 Å². The number of alkyl halides is 3. The second kappa shape index (κ2) is 6.82. The summed E-state index contributed by atoms with van der Waals surface area (Å²) in [7, 11) is 0. The molecule has 0 N–H and O–H groups in total. The Bertz CT molecular complexity index is 993. The summed E-state index contributed by atoms with van der Waals surface area (Å²) in [6.07, 6.45) is -3.39. The fraction of sp³-hybridized carbons (Fsp3) is 0.214. The molecular formula is C14H7Cl2F3N4O4. The molecule has 2 amide bonds. The first kappa shape index (κ1) is 19.1. The first-order valence-electron chi connectivity index (χ1n) is 7.14. The summed E-state index contributed by atoms with van der Waals surface area (Å²) in [6.45, 7) is 0. The van der Waals surface area contributed by atoms with Crippen LogP contribution in [0.5, 0.6) is 5.75 Å². The molecule has 2 aromatic rings. The van der Waals surface area contributed by atoms with Crippen molar-refractivity contribution in [3.05, 3.63) is 44.4 Å². The number of hydroxylamine groups is 2. The normalized spacial score (nSPS) is 14.8. The van der Waals surface area contributed by atoms with Crippen LogP contribution in [0.4, 0.5) is 13.2 Å². The summed E-state index contributed by atoms with van der Waals surface area (Å²) in [4.78, 5) is 44.0. The Morgan fingerprint density at radius 3 is 2.26 bits per heavy atom. The maximum absolute atomic E-state index is 12.7. The molecule has 1 saturated heterocycles. The minimum atomic E-state index is -4.67. The second-order valence-electron chi connectivity index (χ2n) is 5.24. The standard InChI is InChI=1S/C14H7Cl2F3N4O4/c15-7-3-6(14(17,18)19)4-20-12(7)22-13(26)11(16)8(5-21-22)27-23-9(24)1-2-10(23)25/h3-5H,1-2H2. The number of aromatic nitrogens is 3. The van der Waals surface area contributed by atoms with Gasteiger partial charge >= 0.3 is 6.18 Å². The van der Waals surface area contributed by atoms with E-state index < -0.39 is 45.0 Å². The number of imide groups is 1. The fourth-order valence-electron chi connectivity index (χ4n) is 2.13. The molecule has 0 radical (unpaired) electrons. The Kier molecular flexibility index (Phi) is 4.82. The molecule has 1 fully saturated rings. The Hall–Kier alpha value is -2.66. The Balaban J connectivity index is 1.97. The first-order chi connectivity index (χ1) is 12.6. The van der Waals surface area contributed by atoms with Crippen molar-refractivity contribution in [1.29, 1.82) is 0 Å². The zero-order valence-electron chi connectivity index (χ0n) is 13.0. The van der Waals surface area contributed by atoms with Crippen LogP contribution in [0.1, 0.15) is 18.4 Å². The maximum Gasteiger partial charge on any atom is 0.417 e. The third kappa shape index (κ3) is 3.60. The van der Waals surface area contributed by atoms with Crippen LogP contribution >= 0.6 is 23.2 Å². The van der Waals surface area contributed by atoms with E-state index in [9.17, 15) is 27.6 Å². The van der Waals surface area contributed by atoms with Crippen LogP contribution in [0.25, 0.3) is 5.82 Å². The van der Waals surface area contributed by atoms with Gasteiger partial charge in [-0.2, -0.15) is 23.0 Å². The van der Waals surface area contributed by atoms with Crippen molar-refractivity contribution < 1.29 is 27.6 Å². The molecule has 0 aromatic carbocycles. The van der Waals surface area contributed by atoms with E-state index in [4.69, 9.17) is 28.0 Å². The quantitative estimate of drug-likeness (QED) is 0.704.